The normalized spacial score (nSPS) is 13.9. The molecule has 0 aliphatic heterocycles. The second-order valence-electron chi connectivity index (χ2n) is 20.1. The summed E-state index contributed by atoms with van der Waals surface area (Å²) in [6.45, 7) is 4.43. The first-order chi connectivity index (χ1) is 37.2. The highest BCUT2D eigenvalue weighted by molar-refractivity contribution is 7.47. The number of hydrogen-bond donors (Lipinski definition) is 2. The molecule has 0 radical (unpaired) electrons. The lowest BCUT2D eigenvalue weighted by Gasteiger charge is -2.21. The molecule has 0 amide bonds. The van der Waals surface area contributed by atoms with E-state index in [-0.39, 0.29) is 25.9 Å². The monoisotopic (exact) mass is 1090 g/mol. The van der Waals surface area contributed by atoms with E-state index >= 15 is 0 Å². The van der Waals surface area contributed by atoms with Gasteiger partial charge in [0, 0.05) is 19.3 Å². The maximum Gasteiger partial charge on any atom is 0.472 e. The Morgan fingerprint density at radius 1 is 0.382 bits per heavy atom. The van der Waals surface area contributed by atoms with E-state index in [1.165, 1.54) is 109 Å². The van der Waals surface area contributed by atoms with E-state index in [1.807, 2.05) is 12.2 Å². The average Bonchev–Trinajstić information content (AvgIpc) is 3.41. The Kier molecular flexibility index (Phi) is 55.3. The lowest BCUT2D eigenvalue weighted by Crippen LogP contribution is -2.30. The van der Waals surface area contributed by atoms with Gasteiger partial charge in [0.25, 0.3) is 0 Å². The van der Waals surface area contributed by atoms with E-state index in [9.17, 15) is 28.9 Å². The molecule has 0 heterocycles. The van der Waals surface area contributed by atoms with E-state index in [0.717, 1.165) is 96.3 Å². The fourth-order valence-corrected chi connectivity index (χ4v) is 8.99. The van der Waals surface area contributed by atoms with E-state index in [1.54, 1.807) is 0 Å². The number of aliphatic hydroxyl groups is 1. The highest BCUT2D eigenvalue weighted by Gasteiger charge is 2.28. The van der Waals surface area contributed by atoms with Crippen molar-refractivity contribution in [1.82, 2.24) is 0 Å². The van der Waals surface area contributed by atoms with E-state index in [4.69, 9.17) is 23.3 Å². The molecule has 76 heavy (non-hydrogen) atoms. The van der Waals surface area contributed by atoms with Crippen LogP contribution in [0, 0.1) is 0 Å². The van der Waals surface area contributed by atoms with Gasteiger partial charge in [-0.1, -0.05) is 247 Å². The zero-order chi connectivity index (χ0) is 55.5. The minimum atomic E-state index is -4.77. The molecule has 0 saturated carbocycles. The molecular weight excluding hydrogens is 976 g/mol. The number of allylic oxidation sites excluding steroid dienone is 14. The molecule has 12 heteroatoms. The van der Waals surface area contributed by atoms with Crippen molar-refractivity contribution in [3.63, 3.8) is 0 Å². The minimum absolute atomic E-state index is 0.100. The van der Waals surface area contributed by atoms with E-state index < -0.39 is 57.8 Å². The molecule has 0 bridgehead atoms. The fourth-order valence-electron chi connectivity index (χ4n) is 8.20. The van der Waals surface area contributed by atoms with Gasteiger partial charge in [-0.3, -0.25) is 23.4 Å². The Hall–Kier alpha value is -3.34. The Bertz CT molecular complexity index is 1600. The number of phosphoric acid groups is 1. The Labute approximate surface area is 464 Å². The van der Waals surface area contributed by atoms with Crippen molar-refractivity contribution in [2.24, 2.45) is 0 Å². The lowest BCUT2D eigenvalue weighted by molar-refractivity contribution is -0.161. The van der Waals surface area contributed by atoms with Crippen LogP contribution in [0.2, 0.25) is 0 Å². The largest absolute Gasteiger partial charge is 0.472 e. The summed E-state index contributed by atoms with van der Waals surface area (Å²) < 4.78 is 39.5. The number of hydrogen-bond acceptors (Lipinski definition) is 10. The highest BCUT2D eigenvalue weighted by atomic mass is 31.2. The zero-order valence-corrected chi connectivity index (χ0v) is 49.3. The van der Waals surface area contributed by atoms with Gasteiger partial charge in [0.15, 0.2) is 6.10 Å². The first-order valence-corrected chi connectivity index (χ1v) is 32.0. The number of carbonyl (C=O) groups excluding carboxylic acids is 3. The van der Waals surface area contributed by atoms with Crippen LogP contribution in [0.15, 0.2) is 85.1 Å². The van der Waals surface area contributed by atoms with Crippen LogP contribution in [0.1, 0.15) is 265 Å². The second kappa shape index (κ2) is 57.8. The van der Waals surface area contributed by atoms with E-state index in [2.05, 4.69) is 93.7 Å². The zero-order valence-electron chi connectivity index (χ0n) is 48.5. The van der Waals surface area contributed by atoms with Crippen LogP contribution in [-0.4, -0.2) is 66.5 Å². The van der Waals surface area contributed by atoms with Crippen LogP contribution in [0.25, 0.3) is 0 Å². The Balaban J connectivity index is 4.74. The number of ether oxygens (including phenoxy) is 3. The van der Waals surface area contributed by atoms with Crippen molar-refractivity contribution in [2.75, 3.05) is 26.4 Å². The third kappa shape index (κ3) is 55.4. The molecule has 0 spiro atoms. The smallest absolute Gasteiger partial charge is 0.462 e. The van der Waals surface area contributed by atoms with Crippen LogP contribution in [0.5, 0.6) is 0 Å². The van der Waals surface area contributed by atoms with Crippen LogP contribution < -0.4 is 0 Å². The summed E-state index contributed by atoms with van der Waals surface area (Å²) in [6.07, 6.45) is 67.0. The highest BCUT2D eigenvalue weighted by Crippen LogP contribution is 2.43. The fraction of sp³-hybridized carbons (Fsp3) is 0.734. The SMILES string of the molecule is CC/C=C\C/C=C\C/C=C\C/C=C\CCC(=O)OCC(COP(=O)(O)OCC(CO)OC(=O)CCCCCCCCCCCCCCCCCCC)OC(=O)CCCCCCCC/C=C\C/C=C\C/C=C\CCCCC. The summed E-state index contributed by atoms with van der Waals surface area (Å²) >= 11 is 0. The van der Waals surface area contributed by atoms with Gasteiger partial charge in [0.1, 0.15) is 12.7 Å². The molecular formula is C64H111O11P. The Morgan fingerprint density at radius 3 is 1.13 bits per heavy atom. The summed E-state index contributed by atoms with van der Waals surface area (Å²) in [5, 5.41) is 9.84. The molecule has 0 fully saturated rings. The van der Waals surface area contributed by atoms with Crippen molar-refractivity contribution in [1.29, 1.82) is 0 Å². The van der Waals surface area contributed by atoms with E-state index in [0.29, 0.717) is 19.3 Å². The average molecular weight is 1090 g/mol. The minimum Gasteiger partial charge on any atom is -0.462 e. The van der Waals surface area contributed by atoms with Gasteiger partial charge < -0.3 is 24.2 Å². The quantitative estimate of drug-likeness (QED) is 0.0197. The molecule has 0 aromatic carbocycles. The molecule has 3 unspecified atom stereocenters. The summed E-state index contributed by atoms with van der Waals surface area (Å²) in [4.78, 5) is 48.6. The van der Waals surface area contributed by atoms with Gasteiger partial charge >= 0.3 is 25.7 Å². The molecule has 3 atom stereocenters. The molecule has 0 aromatic heterocycles. The number of unbranched alkanes of at least 4 members (excludes halogenated alkanes) is 25. The first-order valence-electron chi connectivity index (χ1n) is 30.5. The Morgan fingerprint density at radius 2 is 0.711 bits per heavy atom. The number of carbonyl (C=O) groups is 3. The lowest BCUT2D eigenvalue weighted by atomic mass is 10.0. The van der Waals surface area contributed by atoms with Gasteiger partial charge in [-0.2, -0.15) is 0 Å². The third-order valence-electron chi connectivity index (χ3n) is 12.8. The molecule has 11 nitrogen and oxygen atoms in total. The number of rotatable bonds is 56. The van der Waals surface area contributed by atoms with Crippen LogP contribution in [-0.2, 0) is 42.2 Å². The third-order valence-corrected chi connectivity index (χ3v) is 13.8. The topological polar surface area (TPSA) is 155 Å². The predicted molar refractivity (Wildman–Crippen MR) is 316 cm³/mol. The predicted octanol–water partition coefficient (Wildman–Crippen LogP) is 18.3. The summed E-state index contributed by atoms with van der Waals surface area (Å²) in [6, 6.07) is 0. The van der Waals surface area contributed by atoms with Crippen LogP contribution in [0.4, 0.5) is 0 Å². The molecule has 0 aliphatic carbocycles. The first kappa shape index (κ1) is 72.7. The van der Waals surface area contributed by atoms with Crippen LogP contribution in [0.3, 0.4) is 0 Å². The maximum atomic E-state index is 12.9. The van der Waals surface area contributed by atoms with Crippen molar-refractivity contribution >= 4 is 25.7 Å². The standard InChI is InChI=1S/C64H111O11P/c1-4-7-10-13-16-19-22-25-27-29-30-32-34-37-40-43-46-49-52-55-64(68)75-61(57-71-62(66)53-50-47-44-41-38-35-24-21-18-15-12-9-6-3)59-73-76(69,70)72-58-60(56-65)74-63(67)54-51-48-45-42-39-36-33-31-28-26-23-20-17-14-11-8-5-2/h9,12,16,18-19,21,25,27,30,32,35,38,44,47,60-61,65H,4-8,10-11,13-15,17,20,22-24,26,28-29,31,33-34,36-37,39-43,45-46,48-59H2,1-3H3,(H,69,70)/b12-9-,19-16-,21-18-,27-25-,32-30-,38-35-,47-44-. The van der Waals surface area contributed by atoms with Gasteiger partial charge in [0.05, 0.1) is 19.8 Å². The van der Waals surface area contributed by atoms with Crippen molar-refractivity contribution in [2.45, 2.75) is 277 Å². The summed E-state index contributed by atoms with van der Waals surface area (Å²) in [5.41, 5.74) is 0. The molecule has 2 N–H and O–H groups in total. The number of aliphatic hydroxyl groups excluding tert-OH is 1. The molecule has 0 rings (SSSR count). The summed E-state index contributed by atoms with van der Waals surface area (Å²) in [5.74, 6) is -1.57. The molecule has 0 aliphatic rings. The summed E-state index contributed by atoms with van der Waals surface area (Å²) in [7, 11) is -4.77. The number of phosphoric ester groups is 1. The van der Waals surface area contributed by atoms with Gasteiger partial charge in [0.2, 0.25) is 0 Å². The second-order valence-corrected chi connectivity index (χ2v) is 21.6. The van der Waals surface area contributed by atoms with Gasteiger partial charge in [-0.05, 0) is 83.5 Å². The molecule has 438 valence electrons. The van der Waals surface area contributed by atoms with Crippen molar-refractivity contribution < 1.29 is 52.2 Å². The van der Waals surface area contributed by atoms with Crippen molar-refractivity contribution in [3.8, 4) is 0 Å². The van der Waals surface area contributed by atoms with Crippen LogP contribution >= 0.6 is 7.82 Å². The molecule has 0 aromatic rings. The van der Waals surface area contributed by atoms with Gasteiger partial charge in [-0.15, -0.1) is 0 Å². The maximum absolute atomic E-state index is 12.9. The molecule has 0 saturated heterocycles. The van der Waals surface area contributed by atoms with Crippen molar-refractivity contribution in [3.05, 3.63) is 85.1 Å². The van der Waals surface area contributed by atoms with Gasteiger partial charge in [-0.25, -0.2) is 4.57 Å². The number of esters is 3.